The molecule has 0 aliphatic carbocycles. The topological polar surface area (TPSA) is 59.0 Å². The van der Waals surface area contributed by atoms with Gasteiger partial charge in [-0.15, -0.1) is 0 Å². The van der Waals surface area contributed by atoms with Crippen molar-refractivity contribution < 1.29 is 4.79 Å². The van der Waals surface area contributed by atoms with Crippen molar-refractivity contribution in [2.24, 2.45) is 0 Å². The van der Waals surface area contributed by atoms with Crippen LogP contribution < -0.4 is 10.6 Å². The summed E-state index contributed by atoms with van der Waals surface area (Å²) in [7, 11) is 1.62. The number of aromatic nitrogens is 2. The van der Waals surface area contributed by atoms with Crippen LogP contribution in [0.15, 0.2) is 30.6 Å². The average Bonchev–Trinajstić information content (AvgIpc) is 2.88. The molecule has 5 heteroatoms. The Balaban J connectivity index is 1.97. The van der Waals surface area contributed by atoms with Crippen molar-refractivity contribution in [2.75, 3.05) is 12.4 Å². The highest BCUT2D eigenvalue weighted by molar-refractivity contribution is 5.75. The second-order valence-corrected chi connectivity index (χ2v) is 4.81. The van der Waals surface area contributed by atoms with Gasteiger partial charge in [-0.1, -0.05) is 18.2 Å². The number of carbonyl (C=O) groups excluding carboxylic acids is 1. The molecule has 5 nitrogen and oxygen atoms in total. The van der Waals surface area contributed by atoms with Gasteiger partial charge in [0.25, 0.3) is 0 Å². The minimum atomic E-state index is -0.0609. The van der Waals surface area contributed by atoms with Crippen LogP contribution in [0.1, 0.15) is 16.7 Å². The molecule has 0 aliphatic heterocycles. The molecule has 1 aromatic carbocycles. The Labute approximate surface area is 119 Å². The molecule has 106 valence electrons. The molecule has 1 amide bonds. The highest BCUT2D eigenvalue weighted by atomic mass is 16.1. The van der Waals surface area contributed by atoms with Gasteiger partial charge >= 0.3 is 0 Å². The molecule has 0 spiro atoms. The van der Waals surface area contributed by atoms with Crippen LogP contribution in [-0.2, 0) is 17.9 Å². The lowest BCUT2D eigenvalue weighted by atomic mass is 10.0. The molecule has 0 saturated heterocycles. The zero-order chi connectivity index (χ0) is 14.5. The molecule has 0 bridgehead atoms. The van der Waals surface area contributed by atoms with Crippen molar-refractivity contribution >= 4 is 11.6 Å². The van der Waals surface area contributed by atoms with Gasteiger partial charge in [-0.2, -0.15) is 5.10 Å². The number of nitrogens with one attached hydrogen (secondary N) is 2. The molecule has 0 saturated carbocycles. The van der Waals surface area contributed by atoms with Gasteiger partial charge in [0.1, 0.15) is 6.54 Å². The monoisotopic (exact) mass is 272 g/mol. The molecule has 0 radical (unpaired) electrons. The second-order valence-electron chi connectivity index (χ2n) is 4.81. The fourth-order valence-corrected chi connectivity index (χ4v) is 1.97. The van der Waals surface area contributed by atoms with Crippen molar-refractivity contribution in [1.82, 2.24) is 15.1 Å². The van der Waals surface area contributed by atoms with E-state index in [-0.39, 0.29) is 12.5 Å². The van der Waals surface area contributed by atoms with E-state index in [2.05, 4.69) is 47.8 Å². The molecule has 0 unspecified atom stereocenters. The van der Waals surface area contributed by atoms with Crippen LogP contribution in [0.5, 0.6) is 0 Å². The predicted molar refractivity (Wildman–Crippen MR) is 79.5 cm³/mol. The number of benzene rings is 1. The van der Waals surface area contributed by atoms with E-state index in [1.54, 1.807) is 17.9 Å². The highest BCUT2D eigenvalue weighted by Crippen LogP contribution is 2.14. The molecule has 2 rings (SSSR count). The minimum absolute atomic E-state index is 0.0609. The number of aryl methyl sites for hydroxylation is 1. The maximum atomic E-state index is 11.3. The maximum Gasteiger partial charge on any atom is 0.241 e. The maximum absolute atomic E-state index is 11.3. The number of hydrogen-bond acceptors (Lipinski definition) is 3. The standard InChI is InChI=1S/C15H20N4O/c1-11-5-4-6-13(12(11)2)7-17-14-8-18-19(9-14)10-15(20)16-3/h4-6,8-9,17H,7,10H2,1-3H3,(H,16,20). The zero-order valence-electron chi connectivity index (χ0n) is 12.1. The first-order valence-electron chi connectivity index (χ1n) is 6.62. The highest BCUT2D eigenvalue weighted by Gasteiger charge is 2.04. The van der Waals surface area contributed by atoms with Crippen molar-refractivity contribution in [1.29, 1.82) is 0 Å². The molecule has 1 heterocycles. The van der Waals surface area contributed by atoms with Crippen molar-refractivity contribution in [3.8, 4) is 0 Å². The Morgan fingerprint density at radius 1 is 1.35 bits per heavy atom. The third-order valence-corrected chi connectivity index (χ3v) is 3.42. The Morgan fingerprint density at radius 3 is 2.90 bits per heavy atom. The Hall–Kier alpha value is -2.30. The summed E-state index contributed by atoms with van der Waals surface area (Å²) >= 11 is 0. The average molecular weight is 272 g/mol. The second kappa shape index (κ2) is 6.23. The van der Waals surface area contributed by atoms with Gasteiger partial charge < -0.3 is 10.6 Å². The van der Waals surface area contributed by atoms with E-state index in [9.17, 15) is 4.79 Å². The Bertz CT molecular complexity index is 604. The fraction of sp³-hybridized carbons (Fsp3) is 0.333. The normalized spacial score (nSPS) is 10.3. The van der Waals surface area contributed by atoms with Crippen LogP contribution >= 0.6 is 0 Å². The summed E-state index contributed by atoms with van der Waals surface area (Å²) in [6.07, 6.45) is 3.56. The van der Waals surface area contributed by atoms with Crippen molar-refractivity contribution in [3.05, 3.63) is 47.3 Å². The van der Waals surface area contributed by atoms with Crippen LogP contribution in [0.3, 0.4) is 0 Å². The smallest absolute Gasteiger partial charge is 0.241 e. The largest absolute Gasteiger partial charge is 0.378 e. The third-order valence-electron chi connectivity index (χ3n) is 3.42. The first-order valence-corrected chi connectivity index (χ1v) is 6.62. The molecule has 20 heavy (non-hydrogen) atoms. The van der Waals surface area contributed by atoms with Crippen LogP contribution in [-0.4, -0.2) is 22.7 Å². The van der Waals surface area contributed by atoms with Gasteiger partial charge in [0, 0.05) is 19.8 Å². The number of likely N-dealkylation sites (N-methyl/N-ethyl adjacent to an activating group) is 1. The van der Waals surface area contributed by atoms with E-state index in [0.717, 1.165) is 12.2 Å². The molecule has 1 aromatic heterocycles. The number of amides is 1. The van der Waals surface area contributed by atoms with E-state index in [1.165, 1.54) is 16.7 Å². The number of anilines is 1. The summed E-state index contributed by atoms with van der Waals surface area (Å²) in [5.74, 6) is -0.0609. The van der Waals surface area contributed by atoms with Gasteiger partial charge in [-0.05, 0) is 30.5 Å². The van der Waals surface area contributed by atoms with Gasteiger partial charge in [-0.3, -0.25) is 9.48 Å². The lowest BCUT2D eigenvalue weighted by Crippen LogP contribution is -2.23. The van der Waals surface area contributed by atoms with E-state index in [0.29, 0.717) is 0 Å². The Kier molecular flexibility index (Phi) is 4.40. The molecular weight excluding hydrogens is 252 g/mol. The summed E-state index contributed by atoms with van der Waals surface area (Å²) in [6.45, 7) is 5.22. The fourth-order valence-electron chi connectivity index (χ4n) is 1.97. The summed E-state index contributed by atoms with van der Waals surface area (Å²) in [6, 6.07) is 6.29. The molecule has 2 aromatic rings. The lowest BCUT2D eigenvalue weighted by molar-refractivity contribution is -0.121. The lowest BCUT2D eigenvalue weighted by Gasteiger charge is -2.09. The van der Waals surface area contributed by atoms with Gasteiger partial charge in [0.15, 0.2) is 0 Å². The number of hydrogen-bond donors (Lipinski definition) is 2. The van der Waals surface area contributed by atoms with Crippen LogP contribution in [0, 0.1) is 13.8 Å². The third kappa shape index (κ3) is 3.38. The first-order chi connectivity index (χ1) is 9.60. The van der Waals surface area contributed by atoms with Gasteiger partial charge in [0.2, 0.25) is 5.91 Å². The predicted octanol–water partition coefficient (Wildman–Crippen LogP) is 1.86. The molecule has 0 atom stereocenters. The summed E-state index contributed by atoms with van der Waals surface area (Å²) in [5.41, 5.74) is 4.77. The van der Waals surface area contributed by atoms with E-state index >= 15 is 0 Å². The number of rotatable bonds is 5. The van der Waals surface area contributed by atoms with E-state index < -0.39 is 0 Å². The minimum Gasteiger partial charge on any atom is -0.378 e. The molecule has 0 aliphatic rings. The summed E-state index contributed by atoms with van der Waals surface area (Å²) < 4.78 is 1.62. The number of carbonyl (C=O) groups is 1. The van der Waals surface area contributed by atoms with E-state index in [4.69, 9.17) is 0 Å². The van der Waals surface area contributed by atoms with Crippen molar-refractivity contribution in [2.45, 2.75) is 26.9 Å². The Morgan fingerprint density at radius 2 is 2.15 bits per heavy atom. The van der Waals surface area contributed by atoms with Gasteiger partial charge in [-0.25, -0.2) is 0 Å². The van der Waals surface area contributed by atoms with E-state index in [1.807, 2.05) is 6.20 Å². The van der Waals surface area contributed by atoms with Crippen LogP contribution in [0.4, 0.5) is 5.69 Å². The molecule has 2 N–H and O–H groups in total. The summed E-state index contributed by atoms with van der Waals surface area (Å²) in [5, 5.41) is 10.0. The van der Waals surface area contributed by atoms with Crippen LogP contribution in [0.2, 0.25) is 0 Å². The van der Waals surface area contributed by atoms with Crippen molar-refractivity contribution in [3.63, 3.8) is 0 Å². The number of nitrogens with zero attached hydrogens (tertiary/aromatic N) is 2. The molecular formula is C15H20N4O. The van der Waals surface area contributed by atoms with Crippen LogP contribution in [0.25, 0.3) is 0 Å². The summed E-state index contributed by atoms with van der Waals surface area (Å²) in [4.78, 5) is 11.3. The van der Waals surface area contributed by atoms with Gasteiger partial charge in [0.05, 0.1) is 11.9 Å². The SMILES string of the molecule is CNC(=O)Cn1cc(NCc2cccc(C)c2C)cn1. The zero-order valence-corrected chi connectivity index (χ0v) is 12.1. The quantitative estimate of drug-likeness (QED) is 0.873. The molecule has 0 fully saturated rings. The first kappa shape index (κ1) is 14.1.